The standard InChI is InChI=1S/C14H13ClFN3/c1-8(17)11-4-3-10(7-13(11)18)19-14-5-2-9(15)6-12(14)16/h2-7,17,19H,18H2,1H3. The van der Waals surface area contributed by atoms with E-state index in [0.29, 0.717) is 33.4 Å². The minimum atomic E-state index is -0.432. The van der Waals surface area contributed by atoms with E-state index in [0.717, 1.165) is 0 Å². The molecule has 0 saturated carbocycles. The Hall–Kier alpha value is -2.07. The molecule has 0 atom stereocenters. The van der Waals surface area contributed by atoms with E-state index in [2.05, 4.69) is 5.32 Å². The number of hydrogen-bond acceptors (Lipinski definition) is 3. The van der Waals surface area contributed by atoms with Gasteiger partial charge in [-0.05, 0) is 43.3 Å². The molecule has 3 nitrogen and oxygen atoms in total. The zero-order valence-electron chi connectivity index (χ0n) is 10.3. The quantitative estimate of drug-likeness (QED) is 0.582. The minimum absolute atomic E-state index is 0.322. The van der Waals surface area contributed by atoms with Crippen molar-refractivity contribution in [3.05, 3.63) is 52.8 Å². The van der Waals surface area contributed by atoms with Gasteiger partial charge in [-0.1, -0.05) is 11.6 Å². The Balaban J connectivity index is 2.29. The lowest BCUT2D eigenvalue weighted by atomic mass is 10.1. The van der Waals surface area contributed by atoms with E-state index < -0.39 is 5.82 Å². The van der Waals surface area contributed by atoms with Crippen molar-refractivity contribution in [1.29, 1.82) is 5.41 Å². The number of rotatable bonds is 3. The van der Waals surface area contributed by atoms with E-state index in [9.17, 15) is 4.39 Å². The van der Waals surface area contributed by atoms with Crippen LogP contribution in [0.1, 0.15) is 12.5 Å². The molecular formula is C14H13ClFN3. The topological polar surface area (TPSA) is 61.9 Å². The van der Waals surface area contributed by atoms with Crippen LogP contribution in [0.5, 0.6) is 0 Å². The fourth-order valence-electron chi connectivity index (χ4n) is 1.73. The Morgan fingerprint density at radius 3 is 2.58 bits per heavy atom. The summed E-state index contributed by atoms with van der Waals surface area (Å²) in [6.45, 7) is 1.66. The van der Waals surface area contributed by atoms with E-state index in [1.165, 1.54) is 6.07 Å². The van der Waals surface area contributed by atoms with Crippen molar-refractivity contribution in [3.63, 3.8) is 0 Å². The maximum atomic E-state index is 13.6. The van der Waals surface area contributed by atoms with Gasteiger partial charge in [-0.2, -0.15) is 0 Å². The predicted molar refractivity (Wildman–Crippen MR) is 78.0 cm³/mol. The Morgan fingerprint density at radius 2 is 2.00 bits per heavy atom. The van der Waals surface area contributed by atoms with Crippen LogP contribution in [-0.4, -0.2) is 5.71 Å². The van der Waals surface area contributed by atoms with Gasteiger partial charge in [0.2, 0.25) is 0 Å². The summed E-state index contributed by atoms with van der Waals surface area (Å²) in [6, 6.07) is 9.55. The first kappa shape index (κ1) is 13.4. The van der Waals surface area contributed by atoms with Crippen LogP contribution in [0.15, 0.2) is 36.4 Å². The molecule has 0 spiro atoms. The van der Waals surface area contributed by atoms with Crippen molar-refractivity contribution in [3.8, 4) is 0 Å². The van der Waals surface area contributed by atoms with Crippen LogP contribution in [0.3, 0.4) is 0 Å². The van der Waals surface area contributed by atoms with Crippen LogP contribution in [0, 0.1) is 11.2 Å². The molecule has 0 saturated heterocycles. The van der Waals surface area contributed by atoms with Crippen LogP contribution in [-0.2, 0) is 0 Å². The molecule has 19 heavy (non-hydrogen) atoms. The summed E-state index contributed by atoms with van der Waals surface area (Å²) in [5.74, 6) is -0.432. The normalized spacial score (nSPS) is 10.3. The van der Waals surface area contributed by atoms with Crippen LogP contribution in [0.4, 0.5) is 21.5 Å². The van der Waals surface area contributed by atoms with Gasteiger partial charge in [-0.15, -0.1) is 0 Å². The SMILES string of the molecule is CC(=N)c1ccc(Nc2ccc(Cl)cc2F)cc1N. The first-order valence-electron chi connectivity index (χ1n) is 5.64. The van der Waals surface area contributed by atoms with Gasteiger partial charge in [-0.3, -0.25) is 0 Å². The van der Waals surface area contributed by atoms with E-state index in [-0.39, 0.29) is 0 Å². The molecule has 2 aromatic rings. The summed E-state index contributed by atoms with van der Waals surface area (Å²) in [6.07, 6.45) is 0. The van der Waals surface area contributed by atoms with Crippen LogP contribution in [0.2, 0.25) is 5.02 Å². The second kappa shape index (κ2) is 5.28. The molecule has 4 N–H and O–H groups in total. The molecular weight excluding hydrogens is 265 g/mol. The van der Waals surface area contributed by atoms with Crippen LogP contribution >= 0.6 is 11.6 Å². The number of anilines is 3. The molecule has 0 aliphatic carbocycles. The molecule has 2 aromatic carbocycles. The Bertz CT molecular complexity index is 641. The highest BCUT2D eigenvalue weighted by Crippen LogP contribution is 2.25. The maximum Gasteiger partial charge on any atom is 0.148 e. The molecule has 2 rings (SSSR count). The molecule has 0 fully saturated rings. The van der Waals surface area contributed by atoms with Crippen molar-refractivity contribution in [2.24, 2.45) is 0 Å². The summed E-state index contributed by atoms with van der Waals surface area (Å²) in [4.78, 5) is 0. The van der Waals surface area contributed by atoms with Gasteiger partial charge in [0, 0.05) is 27.7 Å². The molecule has 0 aromatic heterocycles. The second-order valence-electron chi connectivity index (χ2n) is 4.18. The Labute approximate surface area is 115 Å². The first-order valence-corrected chi connectivity index (χ1v) is 6.02. The third-order valence-electron chi connectivity index (χ3n) is 2.67. The molecule has 5 heteroatoms. The molecule has 0 aliphatic rings. The third-order valence-corrected chi connectivity index (χ3v) is 2.90. The van der Waals surface area contributed by atoms with Crippen LogP contribution in [0.25, 0.3) is 0 Å². The highest BCUT2D eigenvalue weighted by molar-refractivity contribution is 6.30. The highest BCUT2D eigenvalue weighted by atomic mass is 35.5. The number of nitrogen functional groups attached to an aromatic ring is 1. The number of hydrogen-bond donors (Lipinski definition) is 3. The molecule has 0 amide bonds. The van der Waals surface area contributed by atoms with E-state index in [1.807, 2.05) is 0 Å². The van der Waals surface area contributed by atoms with E-state index >= 15 is 0 Å². The molecule has 0 unspecified atom stereocenters. The van der Waals surface area contributed by atoms with Gasteiger partial charge >= 0.3 is 0 Å². The molecule has 0 bridgehead atoms. The van der Waals surface area contributed by atoms with Gasteiger partial charge in [0.05, 0.1) is 5.69 Å². The average Bonchev–Trinajstić information content (AvgIpc) is 2.32. The van der Waals surface area contributed by atoms with E-state index in [1.54, 1.807) is 37.3 Å². The molecule has 0 radical (unpaired) electrons. The minimum Gasteiger partial charge on any atom is -0.398 e. The van der Waals surface area contributed by atoms with Gasteiger partial charge in [0.1, 0.15) is 5.82 Å². The zero-order valence-corrected chi connectivity index (χ0v) is 11.1. The largest absolute Gasteiger partial charge is 0.398 e. The molecule has 98 valence electrons. The fraction of sp³-hybridized carbons (Fsp3) is 0.0714. The van der Waals surface area contributed by atoms with Crippen molar-refractivity contribution >= 4 is 34.4 Å². The van der Waals surface area contributed by atoms with Crippen molar-refractivity contribution < 1.29 is 4.39 Å². The van der Waals surface area contributed by atoms with Crippen LogP contribution < -0.4 is 11.1 Å². The number of nitrogens with one attached hydrogen (secondary N) is 2. The zero-order chi connectivity index (χ0) is 14.0. The third kappa shape index (κ3) is 3.03. The van der Waals surface area contributed by atoms with Gasteiger partial charge in [0.25, 0.3) is 0 Å². The highest BCUT2D eigenvalue weighted by Gasteiger charge is 2.06. The number of halogens is 2. The van der Waals surface area contributed by atoms with E-state index in [4.69, 9.17) is 22.7 Å². The summed E-state index contributed by atoms with van der Waals surface area (Å²) < 4.78 is 13.6. The summed E-state index contributed by atoms with van der Waals surface area (Å²) in [5.41, 5.74) is 8.36. The predicted octanol–water partition coefficient (Wildman–Crippen LogP) is 4.19. The first-order chi connectivity index (χ1) is 8.97. The summed E-state index contributed by atoms with van der Waals surface area (Å²) in [5, 5.41) is 10.8. The number of nitrogens with two attached hydrogens (primary N) is 1. The summed E-state index contributed by atoms with van der Waals surface area (Å²) >= 11 is 5.69. The van der Waals surface area contributed by atoms with Crippen molar-refractivity contribution in [2.75, 3.05) is 11.1 Å². The lowest BCUT2D eigenvalue weighted by Crippen LogP contribution is -2.01. The smallest absolute Gasteiger partial charge is 0.148 e. The number of benzene rings is 2. The van der Waals surface area contributed by atoms with Gasteiger partial charge in [0.15, 0.2) is 0 Å². The van der Waals surface area contributed by atoms with Gasteiger partial charge < -0.3 is 16.5 Å². The average molecular weight is 278 g/mol. The lowest BCUT2D eigenvalue weighted by molar-refractivity contribution is 0.632. The Kier molecular flexibility index (Phi) is 3.71. The molecule has 0 aliphatic heterocycles. The monoisotopic (exact) mass is 277 g/mol. The molecule has 0 heterocycles. The van der Waals surface area contributed by atoms with Crippen molar-refractivity contribution in [2.45, 2.75) is 6.92 Å². The summed E-state index contributed by atoms with van der Waals surface area (Å²) in [7, 11) is 0. The van der Waals surface area contributed by atoms with Crippen molar-refractivity contribution in [1.82, 2.24) is 0 Å². The second-order valence-corrected chi connectivity index (χ2v) is 4.61. The Morgan fingerprint density at radius 1 is 1.26 bits per heavy atom. The fourth-order valence-corrected chi connectivity index (χ4v) is 1.89. The lowest BCUT2D eigenvalue weighted by Gasteiger charge is -2.10. The van der Waals surface area contributed by atoms with Gasteiger partial charge in [-0.25, -0.2) is 4.39 Å². The maximum absolute atomic E-state index is 13.6.